The molecule has 0 amide bonds. The molecule has 0 spiro atoms. The number of aryl methyl sites for hydroxylation is 1. The predicted molar refractivity (Wildman–Crippen MR) is 136 cm³/mol. The first-order valence-electron chi connectivity index (χ1n) is 10.6. The van der Waals surface area contributed by atoms with Crippen molar-refractivity contribution in [2.24, 2.45) is 0 Å². The van der Waals surface area contributed by atoms with E-state index in [1.54, 1.807) is 6.07 Å². The molecule has 0 aliphatic rings. The molecule has 4 aromatic carbocycles. The zero-order chi connectivity index (χ0) is 23.0. The van der Waals surface area contributed by atoms with E-state index in [0.29, 0.717) is 35.3 Å². The third-order valence-corrected chi connectivity index (χ3v) is 6.61. The quantitative estimate of drug-likeness (QED) is 0.246. The molecule has 166 valence electrons. The summed E-state index contributed by atoms with van der Waals surface area (Å²) < 4.78 is 12.1. The molecule has 0 saturated heterocycles. The lowest BCUT2D eigenvalue weighted by atomic mass is 10.1. The molecule has 3 nitrogen and oxygen atoms in total. The van der Waals surface area contributed by atoms with Gasteiger partial charge in [0.1, 0.15) is 24.7 Å². The van der Waals surface area contributed by atoms with Crippen LogP contribution < -0.4 is 14.8 Å². The number of hydrogen-bond donors (Lipinski definition) is 0. The number of carbonyl (C=O) groups is 1. The second-order valence-corrected chi connectivity index (χ2v) is 9.24. The molecule has 5 heteroatoms. The van der Waals surface area contributed by atoms with Gasteiger partial charge in [0, 0.05) is 16.9 Å². The second kappa shape index (κ2) is 11.1. The van der Waals surface area contributed by atoms with Crippen molar-refractivity contribution in [2.75, 3.05) is 0 Å². The lowest BCUT2D eigenvalue weighted by Gasteiger charge is -2.15. The van der Waals surface area contributed by atoms with Crippen LogP contribution in [0, 0.1) is 6.92 Å². The van der Waals surface area contributed by atoms with Crippen LogP contribution in [0.2, 0.25) is 5.02 Å². The van der Waals surface area contributed by atoms with Crippen LogP contribution in [0.25, 0.3) is 0 Å². The smallest absolute Gasteiger partial charge is 0.187 e. The highest BCUT2D eigenvalue weighted by molar-refractivity contribution is 7.66. The third kappa shape index (κ3) is 6.22. The fourth-order valence-electron chi connectivity index (χ4n) is 3.40. The third-order valence-electron chi connectivity index (χ3n) is 5.14. The Kier molecular flexibility index (Phi) is 7.78. The van der Waals surface area contributed by atoms with E-state index in [-0.39, 0.29) is 14.1 Å². The summed E-state index contributed by atoms with van der Waals surface area (Å²) in [5.74, 6) is 1.33. The van der Waals surface area contributed by atoms with Crippen LogP contribution in [-0.2, 0) is 13.2 Å². The van der Waals surface area contributed by atoms with Gasteiger partial charge in [-0.15, -0.1) is 0 Å². The van der Waals surface area contributed by atoms with Gasteiger partial charge in [0.25, 0.3) is 0 Å². The average Bonchev–Trinajstić information content (AvgIpc) is 2.83. The van der Waals surface area contributed by atoms with Crippen LogP contribution in [-0.4, -0.2) is 5.52 Å². The summed E-state index contributed by atoms with van der Waals surface area (Å²) in [5.41, 5.74) is 3.56. The minimum Gasteiger partial charge on any atom is -0.489 e. The van der Waals surface area contributed by atoms with E-state index in [9.17, 15) is 4.79 Å². The molecule has 4 rings (SSSR count). The molecule has 1 atom stereocenters. The maximum Gasteiger partial charge on any atom is 0.187 e. The number of halogens is 1. The summed E-state index contributed by atoms with van der Waals surface area (Å²) in [5, 5.41) is 1.30. The van der Waals surface area contributed by atoms with Gasteiger partial charge < -0.3 is 9.47 Å². The van der Waals surface area contributed by atoms with Gasteiger partial charge in [0.15, 0.2) is 5.52 Å². The van der Waals surface area contributed by atoms with Gasteiger partial charge in [-0.1, -0.05) is 84.4 Å². The van der Waals surface area contributed by atoms with Crippen molar-refractivity contribution >= 4 is 31.0 Å². The first-order valence-corrected chi connectivity index (χ1v) is 12.0. The van der Waals surface area contributed by atoms with Gasteiger partial charge in [0.2, 0.25) is 0 Å². The zero-order valence-corrected chi connectivity index (χ0v) is 20.0. The molecule has 0 radical (unpaired) electrons. The van der Waals surface area contributed by atoms with Crippen molar-refractivity contribution in [1.82, 2.24) is 0 Å². The molecule has 0 bridgehead atoms. The molecular weight excluding hydrogens is 451 g/mol. The monoisotopic (exact) mass is 474 g/mol. The van der Waals surface area contributed by atoms with E-state index in [1.807, 2.05) is 97.9 Å². The van der Waals surface area contributed by atoms with E-state index in [1.165, 1.54) is 0 Å². The normalized spacial score (nSPS) is 11.0. The highest BCUT2D eigenvalue weighted by atomic mass is 35.5. The Balaban J connectivity index is 1.56. The van der Waals surface area contributed by atoms with Crippen LogP contribution in [0.5, 0.6) is 11.5 Å². The Hall–Kier alpha value is -3.13. The van der Waals surface area contributed by atoms with E-state index in [4.69, 9.17) is 21.1 Å². The summed E-state index contributed by atoms with van der Waals surface area (Å²) in [6.45, 7) is 2.76. The Morgan fingerprint density at radius 1 is 0.788 bits per heavy atom. The number of benzene rings is 4. The number of rotatable bonds is 9. The molecule has 1 unspecified atom stereocenters. The molecular formula is C28H24ClO3P. The van der Waals surface area contributed by atoms with Crippen LogP contribution in [0.4, 0.5) is 0 Å². The summed E-state index contributed by atoms with van der Waals surface area (Å²) in [7, 11) is -0.118. The van der Waals surface area contributed by atoms with Gasteiger partial charge in [0.05, 0.1) is 5.02 Å². The maximum atomic E-state index is 13.1. The standard InChI is InChI=1S/C28H24ClO3P/c1-20-9-8-14-24(29)27(20)28(30)33-26-16-15-23(31-18-21-10-4-2-5-11-21)17-25(26)32-19-22-12-6-3-7-13-22/h2-17,33H,18-19H2,1H3. The van der Waals surface area contributed by atoms with Gasteiger partial charge >= 0.3 is 0 Å². The van der Waals surface area contributed by atoms with E-state index in [2.05, 4.69) is 0 Å². The molecule has 33 heavy (non-hydrogen) atoms. The Morgan fingerprint density at radius 3 is 2.06 bits per heavy atom. The molecule has 0 fully saturated rings. The number of ether oxygens (including phenoxy) is 2. The Labute approximate surface area is 201 Å². The van der Waals surface area contributed by atoms with Crippen molar-refractivity contribution in [3.8, 4) is 11.5 Å². The molecule has 0 N–H and O–H groups in total. The van der Waals surface area contributed by atoms with Crippen LogP contribution in [0.1, 0.15) is 27.0 Å². The molecule has 0 aliphatic carbocycles. The molecule has 4 aromatic rings. The fraction of sp³-hybridized carbons (Fsp3) is 0.107. The summed E-state index contributed by atoms with van der Waals surface area (Å²) in [6.07, 6.45) is 0. The zero-order valence-electron chi connectivity index (χ0n) is 18.3. The minimum atomic E-state index is -0.118. The fourth-order valence-corrected chi connectivity index (χ4v) is 4.92. The van der Waals surface area contributed by atoms with Gasteiger partial charge in [-0.05, 0) is 50.4 Å². The molecule has 0 aliphatic heterocycles. The van der Waals surface area contributed by atoms with Crippen LogP contribution in [0.3, 0.4) is 0 Å². The van der Waals surface area contributed by atoms with Gasteiger partial charge in [-0.3, -0.25) is 4.79 Å². The van der Waals surface area contributed by atoms with E-state index < -0.39 is 0 Å². The maximum absolute atomic E-state index is 13.1. The largest absolute Gasteiger partial charge is 0.489 e. The Bertz CT molecular complexity index is 1210. The number of hydrogen-bond acceptors (Lipinski definition) is 3. The first-order chi connectivity index (χ1) is 16.1. The molecule has 0 heterocycles. The lowest BCUT2D eigenvalue weighted by molar-refractivity contribution is 0.108. The summed E-state index contributed by atoms with van der Waals surface area (Å²) in [6, 6.07) is 31.1. The minimum absolute atomic E-state index is 0.0133. The topological polar surface area (TPSA) is 35.5 Å². The summed E-state index contributed by atoms with van der Waals surface area (Å²) >= 11 is 6.33. The second-order valence-electron chi connectivity index (χ2n) is 7.59. The molecule has 0 aromatic heterocycles. The Morgan fingerprint density at radius 2 is 1.42 bits per heavy atom. The molecule has 0 saturated carbocycles. The number of carbonyl (C=O) groups excluding carboxylic acids is 1. The predicted octanol–water partition coefficient (Wildman–Crippen LogP) is 6.95. The highest BCUT2D eigenvalue weighted by Crippen LogP contribution is 2.32. The lowest BCUT2D eigenvalue weighted by Crippen LogP contribution is -2.09. The van der Waals surface area contributed by atoms with Crippen molar-refractivity contribution < 1.29 is 14.3 Å². The van der Waals surface area contributed by atoms with Crippen molar-refractivity contribution in [3.05, 3.63) is 124 Å². The highest BCUT2D eigenvalue weighted by Gasteiger charge is 2.17. The van der Waals surface area contributed by atoms with Crippen LogP contribution in [0.15, 0.2) is 97.1 Å². The van der Waals surface area contributed by atoms with Gasteiger partial charge in [-0.25, -0.2) is 0 Å². The van der Waals surface area contributed by atoms with E-state index in [0.717, 1.165) is 22.0 Å². The first kappa shape index (κ1) is 23.0. The van der Waals surface area contributed by atoms with Crippen molar-refractivity contribution in [2.45, 2.75) is 20.1 Å². The average molecular weight is 475 g/mol. The van der Waals surface area contributed by atoms with Crippen LogP contribution >= 0.6 is 20.2 Å². The van der Waals surface area contributed by atoms with Gasteiger partial charge in [-0.2, -0.15) is 0 Å². The van der Waals surface area contributed by atoms with Crippen molar-refractivity contribution in [1.29, 1.82) is 0 Å². The summed E-state index contributed by atoms with van der Waals surface area (Å²) in [4.78, 5) is 13.1. The van der Waals surface area contributed by atoms with E-state index >= 15 is 0 Å². The van der Waals surface area contributed by atoms with Crippen molar-refractivity contribution in [3.63, 3.8) is 0 Å². The SMILES string of the molecule is Cc1cccc(Cl)c1C(=O)Pc1ccc(OCc2ccccc2)cc1OCc1ccccc1.